The van der Waals surface area contributed by atoms with Crippen LogP contribution >= 0.6 is 11.6 Å². The summed E-state index contributed by atoms with van der Waals surface area (Å²) >= 11 is 5.64. The lowest BCUT2D eigenvalue weighted by Crippen LogP contribution is -2.36. The number of hydrogen-bond donors (Lipinski definition) is 1. The van der Waals surface area contributed by atoms with Crippen LogP contribution in [0, 0.1) is 0 Å². The van der Waals surface area contributed by atoms with Gasteiger partial charge >= 0.3 is 0 Å². The molecule has 0 aromatic heterocycles. The highest BCUT2D eigenvalue weighted by Gasteiger charge is 2.11. The molecule has 0 bridgehead atoms. The van der Waals surface area contributed by atoms with E-state index in [1.807, 2.05) is 6.92 Å². The largest absolute Gasteiger partial charge is 0.352 e. The minimum absolute atomic E-state index is 0.0605. The Morgan fingerprint density at radius 2 is 1.93 bits per heavy atom. The molecule has 0 aliphatic carbocycles. The fourth-order valence-electron chi connectivity index (χ4n) is 1.31. The monoisotopic (exact) mass is 219 g/mol. The number of nitrogens with one attached hydrogen (secondary N) is 1. The van der Waals surface area contributed by atoms with Crippen molar-refractivity contribution in [1.82, 2.24) is 5.32 Å². The second-order valence-corrected chi connectivity index (χ2v) is 4.53. The molecule has 1 amide bonds. The summed E-state index contributed by atoms with van der Waals surface area (Å²) in [6.07, 6.45) is 6.03. The van der Waals surface area contributed by atoms with Gasteiger partial charge in [-0.3, -0.25) is 4.79 Å². The summed E-state index contributed by atoms with van der Waals surface area (Å²) < 4.78 is 0. The van der Waals surface area contributed by atoms with Gasteiger partial charge in [-0.15, -0.1) is 11.6 Å². The summed E-state index contributed by atoms with van der Waals surface area (Å²) in [4.78, 5) is 11.2. The first-order valence-corrected chi connectivity index (χ1v) is 5.96. The van der Waals surface area contributed by atoms with Gasteiger partial charge in [-0.1, -0.05) is 32.6 Å². The topological polar surface area (TPSA) is 29.1 Å². The Labute approximate surface area is 92.4 Å². The first kappa shape index (κ1) is 13.8. The fourth-order valence-corrected chi connectivity index (χ4v) is 1.37. The van der Waals surface area contributed by atoms with Crippen LogP contribution < -0.4 is 5.32 Å². The average Bonchev–Trinajstić information content (AvgIpc) is 2.12. The first-order valence-electron chi connectivity index (χ1n) is 5.52. The molecule has 0 aliphatic rings. The van der Waals surface area contributed by atoms with Crippen LogP contribution in [0.4, 0.5) is 0 Å². The van der Waals surface area contributed by atoms with Gasteiger partial charge in [-0.05, 0) is 20.3 Å². The molecule has 0 heterocycles. The minimum atomic E-state index is -0.423. The summed E-state index contributed by atoms with van der Waals surface area (Å²) in [7, 11) is 0. The molecule has 0 unspecified atom stereocenters. The maximum atomic E-state index is 11.2. The van der Waals surface area contributed by atoms with Crippen molar-refractivity contribution in [1.29, 1.82) is 0 Å². The zero-order valence-electron chi connectivity index (χ0n) is 9.48. The lowest BCUT2D eigenvalue weighted by atomic mass is 10.1. The standard InChI is InChI=1S/C11H22ClNO/c1-4-5-6-7-8-9(2)13-11(14)10(3)12/h9-10H,4-8H2,1-3H3,(H,13,14)/t9-,10+/m0/s1. The molecule has 0 spiro atoms. The lowest BCUT2D eigenvalue weighted by Gasteiger charge is -2.14. The Bertz CT molecular complexity index is 159. The van der Waals surface area contributed by atoms with Crippen molar-refractivity contribution in [2.75, 3.05) is 0 Å². The zero-order chi connectivity index (χ0) is 11.0. The van der Waals surface area contributed by atoms with E-state index in [0.29, 0.717) is 0 Å². The highest BCUT2D eigenvalue weighted by Crippen LogP contribution is 2.05. The van der Waals surface area contributed by atoms with E-state index in [1.54, 1.807) is 6.92 Å². The number of halogens is 1. The maximum absolute atomic E-state index is 11.2. The SMILES string of the molecule is CCCCCC[C@H](C)NC(=O)[C@@H](C)Cl. The predicted molar refractivity (Wildman–Crippen MR) is 61.7 cm³/mol. The average molecular weight is 220 g/mol. The van der Waals surface area contributed by atoms with Crippen LogP contribution in [0.3, 0.4) is 0 Å². The molecule has 0 radical (unpaired) electrons. The van der Waals surface area contributed by atoms with Crippen LogP contribution in [-0.4, -0.2) is 17.3 Å². The Kier molecular flexibility index (Phi) is 7.96. The van der Waals surface area contributed by atoms with E-state index in [-0.39, 0.29) is 11.9 Å². The summed E-state index contributed by atoms with van der Waals surface area (Å²) in [6.45, 7) is 5.92. The molecule has 14 heavy (non-hydrogen) atoms. The minimum Gasteiger partial charge on any atom is -0.352 e. The Hall–Kier alpha value is -0.240. The molecule has 0 saturated heterocycles. The number of carbonyl (C=O) groups excluding carboxylic acids is 1. The molecular weight excluding hydrogens is 198 g/mol. The van der Waals surface area contributed by atoms with Crippen molar-refractivity contribution in [3.8, 4) is 0 Å². The molecule has 0 rings (SSSR count). The van der Waals surface area contributed by atoms with Gasteiger partial charge < -0.3 is 5.32 Å². The van der Waals surface area contributed by atoms with Crippen LogP contribution in [0.1, 0.15) is 52.9 Å². The van der Waals surface area contributed by atoms with Gasteiger partial charge in [0, 0.05) is 6.04 Å². The second-order valence-electron chi connectivity index (χ2n) is 3.87. The zero-order valence-corrected chi connectivity index (χ0v) is 10.2. The molecular formula is C11H22ClNO. The van der Waals surface area contributed by atoms with Gasteiger partial charge in [-0.25, -0.2) is 0 Å². The molecule has 0 aromatic rings. The second kappa shape index (κ2) is 8.10. The fraction of sp³-hybridized carbons (Fsp3) is 0.909. The quantitative estimate of drug-likeness (QED) is 0.518. The third kappa shape index (κ3) is 7.19. The molecule has 84 valence electrons. The number of unbranched alkanes of at least 4 members (excludes halogenated alkanes) is 3. The van der Waals surface area contributed by atoms with Crippen molar-refractivity contribution in [3.05, 3.63) is 0 Å². The van der Waals surface area contributed by atoms with E-state index in [2.05, 4.69) is 12.2 Å². The van der Waals surface area contributed by atoms with Gasteiger partial charge in [-0.2, -0.15) is 0 Å². The van der Waals surface area contributed by atoms with Crippen molar-refractivity contribution in [2.45, 2.75) is 64.3 Å². The van der Waals surface area contributed by atoms with Crippen LogP contribution in [-0.2, 0) is 4.79 Å². The molecule has 0 saturated carbocycles. The van der Waals surface area contributed by atoms with Crippen LogP contribution in [0.2, 0.25) is 0 Å². The lowest BCUT2D eigenvalue weighted by molar-refractivity contribution is -0.121. The van der Waals surface area contributed by atoms with Crippen LogP contribution in [0.15, 0.2) is 0 Å². The van der Waals surface area contributed by atoms with Crippen molar-refractivity contribution >= 4 is 17.5 Å². The van der Waals surface area contributed by atoms with Gasteiger partial charge in [0.15, 0.2) is 0 Å². The molecule has 2 nitrogen and oxygen atoms in total. The van der Waals surface area contributed by atoms with Gasteiger partial charge in [0.05, 0.1) is 0 Å². The Morgan fingerprint density at radius 1 is 1.29 bits per heavy atom. The van der Waals surface area contributed by atoms with Crippen molar-refractivity contribution in [2.24, 2.45) is 0 Å². The third-order valence-corrected chi connectivity index (χ3v) is 2.44. The van der Waals surface area contributed by atoms with Gasteiger partial charge in [0.2, 0.25) is 5.91 Å². The number of carbonyl (C=O) groups is 1. The molecule has 1 N–H and O–H groups in total. The Balaban J connectivity index is 3.45. The van der Waals surface area contributed by atoms with E-state index in [9.17, 15) is 4.79 Å². The van der Waals surface area contributed by atoms with E-state index >= 15 is 0 Å². The maximum Gasteiger partial charge on any atom is 0.237 e. The number of rotatable bonds is 7. The smallest absolute Gasteiger partial charge is 0.237 e. The highest BCUT2D eigenvalue weighted by molar-refractivity contribution is 6.30. The van der Waals surface area contributed by atoms with E-state index in [4.69, 9.17) is 11.6 Å². The van der Waals surface area contributed by atoms with Crippen molar-refractivity contribution in [3.63, 3.8) is 0 Å². The first-order chi connectivity index (χ1) is 6.57. The highest BCUT2D eigenvalue weighted by atomic mass is 35.5. The number of hydrogen-bond acceptors (Lipinski definition) is 1. The van der Waals surface area contributed by atoms with E-state index < -0.39 is 5.38 Å². The third-order valence-electron chi connectivity index (χ3n) is 2.24. The van der Waals surface area contributed by atoms with Crippen LogP contribution in [0.5, 0.6) is 0 Å². The normalized spacial score (nSPS) is 14.9. The molecule has 3 heteroatoms. The summed E-state index contributed by atoms with van der Waals surface area (Å²) in [5.41, 5.74) is 0. The summed E-state index contributed by atoms with van der Waals surface area (Å²) in [6, 6.07) is 0.251. The molecule has 0 aromatic carbocycles. The van der Waals surface area contributed by atoms with Crippen LogP contribution in [0.25, 0.3) is 0 Å². The van der Waals surface area contributed by atoms with E-state index in [0.717, 1.165) is 6.42 Å². The summed E-state index contributed by atoms with van der Waals surface area (Å²) in [5.74, 6) is -0.0605. The Morgan fingerprint density at radius 3 is 2.43 bits per heavy atom. The van der Waals surface area contributed by atoms with Gasteiger partial charge in [0.25, 0.3) is 0 Å². The molecule has 0 aliphatic heterocycles. The number of amides is 1. The van der Waals surface area contributed by atoms with Crippen molar-refractivity contribution < 1.29 is 4.79 Å². The summed E-state index contributed by atoms with van der Waals surface area (Å²) in [5, 5.41) is 2.46. The molecule has 2 atom stereocenters. The number of alkyl halides is 1. The van der Waals surface area contributed by atoms with E-state index in [1.165, 1.54) is 25.7 Å². The predicted octanol–water partition coefficient (Wildman–Crippen LogP) is 3.09. The van der Waals surface area contributed by atoms with Gasteiger partial charge in [0.1, 0.15) is 5.38 Å². The molecule has 0 fully saturated rings.